The third-order valence-electron chi connectivity index (χ3n) is 3.41. The van der Waals surface area contributed by atoms with Crippen LogP contribution in [0.4, 0.5) is 0 Å². The molecule has 6 heteroatoms. The molecule has 1 aromatic rings. The Kier molecular flexibility index (Phi) is 4.44. The maximum absolute atomic E-state index is 10.7. The van der Waals surface area contributed by atoms with Crippen molar-refractivity contribution in [1.29, 1.82) is 0 Å². The number of hydrogen-bond donors (Lipinski definition) is 2. The van der Waals surface area contributed by atoms with Gasteiger partial charge in [0.15, 0.2) is 0 Å². The predicted octanol–water partition coefficient (Wildman–Crippen LogP) is 1.55. The highest BCUT2D eigenvalue weighted by Crippen LogP contribution is 2.29. The van der Waals surface area contributed by atoms with Gasteiger partial charge in [-0.15, -0.1) is 0 Å². The highest BCUT2D eigenvalue weighted by Gasteiger charge is 2.20. The molecule has 106 valence electrons. The van der Waals surface area contributed by atoms with E-state index in [1.807, 2.05) is 12.1 Å². The summed E-state index contributed by atoms with van der Waals surface area (Å²) < 4.78 is 35.4. The molecule has 0 aromatic heterocycles. The van der Waals surface area contributed by atoms with Gasteiger partial charge in [0.05, 0.1) is 12.9 Å². The molecule has 1 atom stereocenters. The number of hydrogen-bond acceptors (Lipinski definition) is 4. The number of ether oxygens (including phenoxy) is 1. The van der Waals surface area contributed by atoms with Gasteiger partial charge in [-0.25, -0.2) is 0 Å². The van der Waals surface area contributed by atoms with Crippen molar-refractivity contribution in [2.45, 2.75) is 25.3 Å². The van der Waals surface area contributed by atoms with Crippen LogP contribution >= 0.6 is 0 Å². The molecule has 0 aliphatic carbocycles. The number of fused-ring (bicyclic) bond motifs is 1. The second-order valence-electron chi connectivity index (χ2n) is 4.75. The molecule has 0 amide bonds. The number of benzene rings is 1. The molecule has 2 rings (SSSR count). The Morgan fingerprint density at radius 3 is 2.95 bits per heavy atom. The van der Waals surface area contributed by atoms with E-state index in [1.54, 1.807) is 7.11 Å². The lowest BCUT2D eigenvalue weighted by atomic mass is 9.91. The average molecular weight is 285 g/mol. The molecule has 1 aromatic carbocycles. The Labute approximate surface area is 113 Å². The van der Waals surface area contributed by atoms with E-state index in [1.165, 1.54) is 11.1 Å². The molecule has 0 spiro atoms. The standard InChI is InChI=1S/C13H19NO4S/c1-18-11-5-4-10-6-7-14-13(12(10)9-11)3-2-8-19(15,16)17/h4-5,9,13-14H,2-3,6-8H2,1H3,(H,15,16,17). The first-order valence-electron chi connectivity index (χ1n) is 6.35. The smallest absolute Gasteiger partial charge is 0.264 e. The summed E-state index contributed by atoms with van der Waals surface area (Å²) in [6, 6.07) is 6.13. The van der Waals surface area contributed by atoms with Crippen LogP contribution in [0, 0.1) is 0 Å². The van der Waals surface area contributed by atoms with Gasteiger partial charge in [0.1, 0.15) is 5.75 Å². The Morgan fingerprint density at radius 2 is 2.26 bits per heavy atom. The maximum Gasteiger partial charge on any atom is 0.264 e. The van der Waals surface area contributed by atoms with Gasteiger partial charge in [-0.1, -0.05) is 6.07 Å². The molecule has 2 N–H and O–H groups in total. The third-order valence-corrected chi connectivity index (χ3v) is 4.21. The Bertz CT molecular complexity index is 542. The summed E-state index contributed by atoms with van der Waals surface area (Å²) in [6.07, 6.45) is 2.08. The first-order valence-corrected chi connectivity index (χ1v) is 7.96. The first kappa shape index (κ1) is 14.3. The van der Waals surface area contributed by atoms with Crippen molar-refractivity contribution in [3.05, 3.63) is 29.3 Å². The van der Waals surface area contributed by atoms with Gasteiger partial charge >= 0.3 is 0 Å². The minimum atomic E-state index is -3.87. The zero-order chi connectivity index (χ0) is 13.9. The minimum absolute atomic E-state index is 0.126. The summed E-state index contributed by atoms with van der Waals surface area (Å²) in [5, 5.41) is 3.38. The summed E-state index contributed by atoms with van der Waals surface area (Å²) in [4.78, 5) is 0. The fourth-order valence-electron chi connectivity index (χ4n) is 2.47. The third kappa shape index (κ3) is 3.92. The van der Waals surface area contributed by atoms with Gasteiger partial charge in [0.2, 0.25) is 0 Å². The predicted molar refractivity (Wildman–Crippen MR) is 73.1 cm³/mol. The zero-order valence-corrected chi connectivity index (χ0v) is 11.7. The van der Waals surface area contributed by atoms with Crippen LogP contribution in [0.1, 0.15) is 30.0 Å². The average Bonchev–Trinajstić information content (AvgIpc) is 2.37. The lowest BCUT2D eigenvalue weighted by molar-refractivity contribution is 0.409. The largest absolute Gasteiger partial charge is 0.497 e. The van der Waals surface area contributed by atoms with Gasteiger partial charge in [-0.3, -0.25) is 4.55 Å². The van der Waals surface area contributed by atoms with Crippen molar-refractivity contribution in [2.75, 3.05) is 19.4 Å². The quantitative estimate of drug-likeness (QED) is 0.803. The normalized spacial score (nSPS) is 18.9. The van der Waals surface area contributed by atoms with Crippen LogP contribution in [-0.2, 0) is 16.5 Å². The summed E-state index contributed by atoms with van der Waals surface area (Å²) in [5.74, 6) is 0.618. The Balaban J connectivity index is 2.08. The molecule has 19 heavy (non-hydrogen) atoms. The second kappa shape index (κ2) is 5.90. The highest BCUT2D eigenvalue weighted by molar-refractivity contribution is 7.85. The summed E-state index contributed by atoms with van der Waals surface area (Å²) in [7, 11) is -2.24. The molecular weight excluding hydrogens is 266 g/mol. The van der Waals surface area contributed by atoms with E-state index in [-0.39, 0.29) is 11.8 Å². The highest BCUT2D eigenvalue weighted by atomic mass is 32.2. The van der Waals surface area contributed by atoms with Gasteiger partial charge in [-0.05, 0) is 49.1 Å². The summed E-state index contributed by atoms with van der Waals surface area (Å²) in [5.41, 5.74) is 2.44. The van der Waals surface area contributed by atoms with Crippen molar-refractivity contribution >= 4 is 10.1 Å². The number of nitrogens with one attached hydrogen (secondary N) is 1. The summed E-state index contributed by atoms with van der Waals surface area (Å²) >= 11 is 0. The second-order valence-corrected chi connectivity index (χ2v) is 6.32. The van der Waals surface area contributed by atoms with E-state index < -0.39 is 10.1 Å². The van der Waals surface area contributed by atoms with Crippen molar-refractivity contribution < 1.29 is 17.7 Å². The first-order chi connectivity index (χ1) is 8.99. The molecule has 0 fully saturated rings. The van der Waals surface area contributed by atoms with Crippen LogP contribution in [0.15, 0.2) is 18.2 Å². The number of rotatable bonds is 5. The van der Waals surface area contributed by atoms with E-state index in [0.29, 0.717) is 12.8 Å². The molecule has 0 saturated heterocycles. The van der Waals surface area contributed by atoms with Crippen LogP contribution in [0.25, 0.3) is 0 Å². The van der Waals surface area contributed by atoms with Gasteiger partial charge in [0, 0.05) is 6.04 Å². The van der Waals surface area contributed by atoms with Gasteiger partial charge in [0.25, 0.3) is 10.1 Å². The van der Waals surface area contributed by atoms with E-state index in [2.05, 4.69) is 11.4 Å². The fourth-order valence-corrected chi connectivity index (χ4v) is 3.00. The molecule has 5 nitrogen and oxygen atoms in total. The zero-order valence-electron chi connectivity index (χ0n) is 10.9. The lowest BCUT2D eigenvalue weighted by Gasteiger charge is -2.27. The van der Waals surface area contributed by atoms with Crippen LogP contribution in [-0.4, -0.2) is 32.4 Å². The molecular formula is C13H19NO4S. The topological polar surface area (TPSA) is 75.6 Å². The van der Waals surface area contributed by atoms with Crippen LogP contribution < -0.4 is 10.1 Å². The summed E-state index contributed by atoms with van der Waals surface area (Å²) in [6.45, 7) is 0.885. The van der Waals surface area contributed by atoms with Crippen molar-refractivity contribution in [1.82, 2.24) is 5.32 Å². The van der Waals surface area contributed by atoms with Gasteiger partial charge in [-0.2, -0.15) is 8.42 Å². The van der Waals surface area contributed by atoms with Crippen molar-refractivity contribution in [3.8, 4) is 5.75 Å². The molecule has 1 aliphatic rings. The van der Waals surface area contributed by atoms with Crippen LogP contribution in [0.2, 0.25) is 0 Å². The van der Waals surface area contributed by atoms with Crippen molar-refractivity contribution in [2.24, 2.45) is 0 Å². The Morgan fingerprint density at radius 1 is 1.47 bits per heavy atom. The van der Waals surface area contributed by atoms with E-state index in [9.17, 15) is 8.42 Å². The fraction of sp³-hybridized carbons (Fsp3) is 0.538. The molecule has 1 unspecified atom stereocenters. The molecule has 0 bridgehead atoms. The van der Waals surface area contributed by atoms with Gasteiger partial charge < -0.3 is 10.1 Å². The van der Waals surface area contributed by atoms with E-state index >= 15 is 0 Å². The molecule has 0 saturated carbocycles. The van der Waals surface area contributed by atoms with Crippen molar-refractivity contribution in [3.63, 3.8) is 0 Å². The number of methoxy groups -OCH3 is 1. The maximum atomic E-state index is 10.7. The van der Waals surface area contributed by atoms with E-state index in [0.717, 1.165) is 18.7 Å². The van der Waals surface area contributed by atoms with Crippen LogP contribution in [0.5, 0.6) is 5.75 Å². The lowest BCUT2D eigenvalue weighted by Crippen LogP contribution is -2.30. The monoisotopic (exact) mass is 285 g/mol. The SMILES string of the molecule is COc1ccc2c(c1)C(CCCS(=O)(=O)O)NCC2. The molecule has 1 aliphatic heterocycles. The molecule has 0 radical (unpaired) electrons. The van der Waals surface area contributed by atoms with E-state index in [4.69, 9.17) is 9.29 Å². The minimum Gasteiger partial charge on any atom is -0.497 e. The van der Waals surface area contributed by atoms with Crippen LogP contribution in [0.3, 0.4) is 0 Å². The Hall–Kier alpha value is -1.11. The molecule has 1 heterocycles.